The van der Waals surface area contributed by atoms with Crippen LogP contribution in [0.4, 0.5) is 0 Å². The van der Waals surface area contributed by atoms with Crippen LogP contribution in [0.1, 0.15) is 36.1 Å². The Labute approximate surface area is 200 Å². The van der Waals surface area contributed by atoms with Crippen molar-refractivity contribution in [3.05, 3.63) is 47.0 Å². The molecule has 9 nitrogen and oxygen atoms in total. The topological polar surface area (TPSA) is 99.1 Å². The maximum absolute atomic E-state index is 7.33. The summed E-state index contributed by atoms with van der Waals surface area (Å²) >= 11 is 0. The van der Waals surface area contributed by atoms with E-state index in [1.165, 1.54) is 28.9 Å². The van der Waals surface area contributed by atoms with E-state index in [0.717, 1.165) is 55.4 Å². The Kier molecular flexibility index (Phi) is 11.1. The normalized spacial score (nSPS) is 14.4. The number of rotatable bonds is 8. The summed E-state index contributed by atoms with van der Waals surface area (Å²) in [6, 6.07) is 10.8. The molecule has 0 unspecified atom stereocenters. The van der Waals surface area contributed by atoms with Gasteiger partial charge in [-0.2, -0.15) is 10.5 Å². The van der Waals surface area contributed by atoms with Crippen molar-refractivity contribution < 1.29 is 39.2 Å². The van der Waals surface area contributed by atoms with Crippen LogP contribution < -0.4 is 18.9 Å². The van der Waals surface area contributed by atoms with E-state index in [1.54, 1.807) is 28.4 Å². The molecule has 2 N–H and O–H groups in total. The van der Waals surface area contributed by atoms with Gasteiger partial charge in [0.15, 0.2) is 23.0 Å². The van der Waals surface area contributed by atoms with Crippen LogP contribution in [0.2, 0.25) is 0 Å². The molecule has 1 aliphatic rings. The van der Waals surface area contributed by atoms with Gasteiger partial charge < -0.3 is 18.9 Å². The summed E-state index contributed by atoms with van der Waals surface area (Å²) in [5.74, 6) is 3.12. The van der Waals surface area contributed by atoms with E-state index >= 15 is 0 Å². The third kappa shape index (κ3) is 6.84. The Balaban J connectivity index is 0.000000604. The van der Waals surface area contributed by atoms with Crippen LogP contribution in [0.5, 0.6) is 23.0 Å². The zero-order valence-electron chi connectivity index (χ0n) is 20.3. The molecule has 0 aromatic heterocycles. The number of ether oxygens (including phenoxy) is 4. The van der Waals surface area contributed by atoms with E-state index in [4.69, 9.17) is 29.5 Å². The highest BCUT2D eigenvalue weighted by atomic mass is 17.1. The lowest BCUT2D eigenvalue weighted by Crippen LogP contribution is -2.37. The molecule has 0 aliphatic carbocycles. The van der Waals surface area contributed by atoms with Crippen LogP contribution in [-0.2, 0) is 22.6 Å². The van der Waals surface area contributed by atoms with Crippen LogP contribution in [0.3, 0.4) is 0 Å². The first-order valence-electron chi connectivity index (χ1n) is 10.9. The van der Waals surface area contributed by atoms with Gasteiger partial charge in [-0.25, -0.2) is 0 Å². The van der Waals surface area contributed by atoms with Gasteiger partial charge in [0.2, 0.25) is 12.2 Å². The van der Waals surface area contributed by atoms with E-state index in [2.05, 4.69) is 45.9 Å². The SMILES string of the molecule is CCCN1CCc2cc(OC)c(OC)cc2[C@H]1Cc1ccc(OC)c(OC)c1.OOC#COO. The van der Waals surface area contributed by atoms with Crippen molar-refractivity contribution in [2.45, 2.75) is 32.2 Å². The van der Waals surface area contributed by atoms with Crippen LogP contribution in [-0.4, -0.2) is 56.9 Å². The fraction of sp³-hybridized carbons (Fsp3) is 0.440. The molecule has 1 aliphatic heterocycles. The van der Waals surface area contributed by atoms with Gasteiger partial charge in [-0.3, -0.25) is 14.7 Å². The van der Waals surface area contributed by atoms with Gasteiger partial charge in [0.05, 0.1) is 28.4 Å². The second-order valence-electron chi connectivity index (χ2n) is 7.49. The van der Waals surface area contributed by atoms with E-state index in [9.17, 15) is 0 Å². The first-order valence-corrected chi connectivity index (χ1v) is 10.9. The van der Waals surface area contributed by atoms with Gasteiger partial charge in [-0.1, -0.05) is 13.0 Å². The Hall–Kier alpha value is -3.32. The van der Waals surface area contributed by atoms with Crippen molar-refractivity contribution in [3.63, 3.8) is 0 Å². The third-order valence-electron chi connectivity index (χ3n) is 5.63. The summed E-state index contributed by atoms with van der Waals surface area (Å²) in [4.78, 5) is 8.85. The number of hydrogen-bond acceptors (Lipinski definition) is 9. The number of hydrogen-bond donors (Lipinski definition) is 2. The smallest absolute Gasteiger partial charge is 0.204 e. The van der Waals surface area contributed by atoms with Crippen molar-refractivity contribution in [2.24, 2.45) is 0 Å². The molecule has 186 valence electrons. The van der Waals surface area contributed by atoms with Crippen molar-refractivity contribution in [3.8, 4) is 35.2 Å². The van der Waals surface area contributed by atoms with Gasteiger partial charge in [-0.15, -0.1) is 0 Å². The Bertz CT molecular complexity index is 961. The van der Waals surface area contributed by atoms with Gasteiger partial charge in [-0.05, 0) is 66.8 Å². The lowest BCUT2D eigenvalue weighted by Gasteiger charge is -2.38. The van der Waals surface area contributed by atoms with E-state index in [0.29, 0.717) is 6.04 Å². The molecular formula is C25H33NO8. The second-order valence-corrected chi connectivity index (χ2v) is 7.49. The highest BCUT2D eigenvalue weighted by Gasteiger charge is 2.29. The molecule has 0 saturated heterocycles. The molecule has 1 heterocycles. The first-order chi connectivity index (χ1) is 16.6. The minimum Gasteiger partial charge on any atom is -0.493 e. The fourth-order valence-corrected chi connectivity index (χ4v) is 4.14. The average Bonchev–Trinajstić information content (AvgIpc) is 2.88. The predicted octanol–water partition coefficient (Wildman–Crippen LogP) is 4.16. The molecule has 0 bridgehead atoms. The minimum absolute atomic E-state index is 0.293. The lowest BCUT2D eigenvalue weighted by atomic mass is 9.88. The molecular weight excluding hydrogens is 442 g/mol. The average molecular weight is 476 g/mol. The molecule has 3 rings (SSSR count). The minimum atomic E-state index is 0.293. The van der Waals surface area contributed by atoms with E-state index in [1.807, 2.05) is 6.07 Å². The Morgan fingerprint density at radius 2 is 1.44 bits per heavy atom. The molecule has 9 heteroatoms. The zero-order chi connectivity index (χ0) is 24.9. The Morgan fingerprint density at radius 1 is 0.853 bits per heavy atom. The van der Waals surface area contributed by atoms with Gasteiger partial charge >= 0.3 is 0 Å². The standard InChI is InChI=1S/C23H31NO4.C2H2O4/c1-6-10-24-11-9-17-14-22(27-4)23(28-5)15-18(17)19(24)12-16-7-8-20(25-2)21(13-16)26-3;3-5-1-2-6-4/h7-8,13-15,19H,6,9-12H2,1-5H3;3-4H/t19-;/m1./s1. The maximum Gasteiger partial charge on any atom is 0.204 e. The quantitative estimate of drug-likeness (QED) is 0.331. The summed E-state index contributed by atoms with van der Waals surface area (Å²) in [7, 11) is 6.73. The van der Waals surface area contributed by atoms with Gasteiger partial charge in [0.1, 0.15) is 0 Å². The number of benzene rings is 2. The van der Waals surface area contributed by atoms with Crippen LogP contribution in [0.25, 0.3) is 0 Å². The maximum atomic E-state index is 7.33. The number of fused-ring (bicyclic) bond motifs is 1. The molecule has 2 aromatic carbocycles. The zero-order valence-corrected chi connectivity index (χ0v) is 20.3. The highest BCUT2D eigenvalue weighted by Crippen LogP contribution is 2.40. The van der Waals surface area contributed by atoms with Crippen LogP contribution >= 0.6 is 0 Å². The van der Waals surface area contributed by atoms with Crippen LogP contribution in [0, 0.1) is 12.2 Å². The highest BCUT2D eigenvalue weighted by molar-refractivity contribution is 5.50. The van der Waals surface area contributed by atoms with E-state index in [-0.39, 0.29) is 0 Å². The number of nitrogens with zero attached hydrogens (tertiary/aromatic N) is 1. The summed E-state index contributed by atoms with van der Waals surface area (Å²) in [6.07, 6.45) is 6.12. The predicted molar refractivity (Wildman–Crippen MR) is 126 cm³/mol. The monoisotopic (exact) mass is 475 g/mol. The molecule has 0 saturated carbocycles. The first kappa shape index (κ1) is 26.9. The van der Waals surface area contributed by atoms with E-state index < -0.39 is 0 Å². The van der Waals surface area contributed by atoms with Crippen LogP contribution in [0.15, 0.2) is 30.3 Å². The lowest BCUT2D eigenvalue weighted by molar-refractivity contribution is -0.188. The van der Waals surface area contributed by atoms with Gasteiger partial charge in [0, 0.05) is 12.6 Å². The molecule has 0 spiro atoms. The van der Waals surface area contributed by atoms with Crippen molar-refractivity contribution in [1.29, 1.82) is 0 Å². The molecule has 0 radical (unpaired) electrons. The molecule has 1 atom stereocenters. The summed E-state index contributed by atoms with van der Waals surface area (Å²) in [5, 5.41) is 14.7. The summed E-state index contributed by atoms with van der Waals surface area (Å²) < 4.78 is 22.0. The fourth-order valence-electron chi connectivity index (χ4n) is 4.14. The molecule has 0 fully saturated rings. The van der Waals surface area contributed by atoms with Crippen molar-refractivity contribution in [2.75, 3.05) is 41.5 Å². The van der Waals surface area contributed by atoms with Gasteiger partial charge in [0.25, 0.3) is 0 Å². The number of methoxy groups -OCH3 is 4. The second kappa shape index (κ2) is 14.1. The molecule has 34 heavy (non-hydrogen) atoms. The third-order valence-corrected chi connectivity index (χ3v) is 5.63. The largest absolute Gasteiger partial charge is 0.493 e. The summed E-state index contributed by atoms with van der Waals surface area (Å²) in [6.45, 7) is 4.36. The Morgan fingerprint density at radius 3 is 2.00 bits per heavy atom. The van der Waals surface area contributed by atoms with Crippen molar-refractivity contribution >= 4 is 0 Å². The summed E-state index contributed by atoms with van der Waals surface area (Å²) in [5.41, 5.74) is 3.90. The molecule has 0 amide bonds. The van der Waals surface area contributed by atoms with Crippen molar-refractivity contribution in [1.82, 2.24) is 4.90 Å². The molecule has 2 aromatic rings.